The molecule has 0 radical (unpaired) electrons. The van der Waals surface area contributed by atoms with Crippen molar-refractivity contribution in [2.24, 2.45) is 0 Å². The Morgan fingerprint density at radius 3 is 2.82 bits per heavy atom. The predicted octanol–water partition coefficient (Wildman–Crippen LogP) is 4.10. The van der Waals surface area contributed by atoms with Gasteiger partial charge in [0.05, 0.1) is 28.4 Å². The van der Waals surface area contributed by atoms with Crippen molar-refractivity contribution in [3.63, 3.8) is 0 Å². The summed E-state index contributed by atoms with van der Waals surface area (Å²) < 4.78 is 0. The van der Waals surface area contributed by atoms with Crippen molar-refractivity contribution in [1.82, 2.24) is 19.9 Å². The molecule has 1 aliphatic heterocycles. The highest BCUT2D eigenvalue weighted by molar-refractivity contribution is 7.09. The van der Waals surface area contributed by atoms with Crippen LogP contribution in [0.2, 0.25) is 0 Å². The highest BCUT2D eigenvalue weighted by atomic mass is 32.1. The van der Waals surface area contributed by atoms with E-state index in [1.54, 1.807) is 17.5 Å². The van der Waals surface area contributed by atoms with Crippen LogP contribution < -0.4 is 10.9 Å². The SMILES string of the molecule is Cc1nc(-c2cc3cc[nH]c(=O)c3c(Nc3ccc(CCN4CCC[C@H]4CO)cc3)n2)cs1. The van der Waals surface area contributed by atoms with E-state index in [2.05, 4.69) is 32.3 Å². The minimum absolute atomic E-state index is 0.177. The summed E-state index contributed by atoms with van der Waals surface area (Å²) in [6, 6.07) is 12.3. The number of likely N-dealkylation sites (tertiary alicyclic amines) is 1. The van der Waals surface area contributed by atoms with Gasteiger partial charge >= 0.3 is 0 Å². The van der Waals surface area contributed by atoms with Gasteiger partial charge in [0.25, 0.3) is 5.56 Å². The number of aromatic nitrogens is 3. The molecular formula is C25H27N5O2S. The van der Waals surface area contributed by atoms with Crippen molar-refractivity contribution < 1.29 is 5.11 Å². The Bertz CT molecular complexity index is 1310. The second-order valence-corrected chi connectivity index (χ2v) is 9.53. The van der Waals surface area contributed by atoms with Crippen molar-refractivity contribution in [2.45, 2.75) is 32.2 Å². The standard InChI is InChI=1S/C25H27N5O2S/c1-16-27-22(15-33-16)21-13-18-8-10-26-25(32)23(18)24(29-21)28-19-6-4-17(5-7-19)9-12-30-11-2-3-20(30)14-31/h4-8,10,13,15,20,31H,2-3,9,11-12,14H2,1H3,(H,26,32)(H,28,29)/t20-/m0/s1. The number of aliphatic hydroxyl groups excluding tert-OH is 1. The molecule has 5 rings (SSSR count). The molecule has 1 fully saturated rings. The van der Waals surface area contributed by atoms with Crippen LogP contribution in [0.3, 0.4) is 0 Å². The fourth-order valence-corrected chi connectivity index (χ4v) is 5.08. The molecule has 0 aliphatic carbocycles. The van der Waals surface area contributed by atoms with Gasteiger partial charge in [0.1, 0.15) is 5.82 Å². The molecule has 0 amide bonds. The Labute approximate surface area is 196 Å². The monoisotopic (exact) mass is 461 g/mol. The maximum Gasteiger partial charge on any atom is 0.259 e. The van der Waals surface area contributed by atoms with Crippen LogP contribution in [0.5, 0.6) is 0 Å². The van der Waals surface area contributed by atoms with Crippen molar-refractivity contribution in [2.75, 3.05) is 25.0 Å². The summed E-state index contributed by atoms with van der Waals surface area (Å²) in [7, 11) is 0. The number of thiazole rings is 1. The molecule has 170 valence electrons. The second-order valence-electron chi connectivity index (χ2n) is 8.47. The Morgan fingerprint density at radius 1 is 1.21 bits per heavy atom. The quantitative estimate of drug-likeness (QED) is 0.384. The van der Waals surface area contributed by atoms with Gasteiger partial charge in [-0.3, -0.25) is 9.69 Å². The van der Waals surface area contributed by atoms with Gasteiger partial charge in [-0.25, -0.2) is 9.97 Å². The minimum atomic E-state index is -0.177. The summed E-state index contributed by atoms with van der Waals surface area (Å²) in [6.07, 6.45) is 4.84. The first-order valence-corrected chi connectivity index (χ1v) is 12.1. The van der Waals surface area contributed by atoms with Gasteiger partial charge in [0.2, 0.25) is 0 Å². The molecule has 7 nitrogen and oxygen atoms in total. The van der Waals surface area contributed by atoms with E-state index in [0.29, 0.717) is 17.2 Å². The number of aliphatic hydroxyl groups is 1. The van der Waals surface area contributed by atoms with Crippen LogP contribution in [0.1, 0.15) is 23.4 Å². The summed E-state index contributed by atoms with van der Waals surface area (Å²) in [6.45, 7) is 4.22. The molecule has 33 heavy (non-hydrogen) atoms. The largest absolute Gasteiger partial charge is 0.395 e. The van der Waals surface area contributed by atoms with Gasteiger partial charge in [-0.1, -0.05) is 12.1 Å². The number of pyridine rings is 2. The topological polar surface area (TPSA) is 94.1 Å². The molecule has 1 atom stereocenters. The van der Waals surface area contributed by atoms with E-state index in [1.165, 1.54) is 5.56 Å². The van der Waals surface area contributed by atoms with Crippen LogP contribution in [0.4, 0.5) is 11.5 Å². The maximum atomic E-state index is 12.6. The van der Waals surface area contributed by atoms with E-state index in [9.17, 15) is 9.90 Å². The number of hydrogen-bond acceptors (Lipinski definition) is 7. The number of fused-ring (bicyclic) bond motifs is 1. The molecule has 4 heterocycles. The van der Waals surface area contributed by atoms with Crippen molar-refractivity contribution >= 4 is 33.6 Å². The third-order valence-corrected chi connectivity index (χ3v) is 7.02. The van der Waals surface area contributed by atoms with Crippen LogP contribution in [-0.4, -0.2) is 50.7 Å². The number of H-pyrrole nitrogens is 1. The van der Waals surface area contributed by atoms with Crippen LogP contribution in [0.25, 0.3) is 22.2 Å². The third kappa shape index (κ3) is 4.68. The molecule has 0 saturated carbocycles. The number of aryl methyl sites for hydroxylation is 1. The zero-order valence-electron chi connectivity index (χ0n) is 18.5. The first kappa shape index (κ1) is 21.8. The maximum absolute atomic E-state index is 12.6. The summed E-state index contributed by atoms with van der Waals surface area (Å²) in [4.78, 5) is 27.0. The van der Waals surface area contributed by atoms with Gasteiger partial charge in [-0.15, -0.1) is 11.3 Å². The first-order chi connectivity index (χ1) is 16.1. The Kier molecular flexibility index (Phi) is 6.22. The van der Waals surface area contributed by atoms with Crippen LogP contribution in [0.15, 0.2) is 52.8 Å². The number of rotatable bonds is 7. The van der Waals surface area contributed by atoms with E-state index in [4.69, 9.17) is 4.98 Å². The molecule has 3 N–H and O–H groups in total. The highest BCUT2D eigenvalue weighted by Crippen LogP contribution is 2.28. The Hall–Kier alpha value is -3.07. The van der Waals surface area contributed by atoms with Gasteiger partial charge < -0.3 is 15.4 Å². The molecule has 8 heteroatoms. The van der Waals surface area contributed by atoms with Crippen LogP contribution in [0, 0.1) is 6.92 Å². The molecule has 3 aromatic heterocycles. The van der Waals surface area contributed by atoms with Crippen molar-refractivity contribution in [3.8, 4) is 11.4 Å². The highest BCUT2D eigenvalue weighted by Gasteiger charge is 2.22. The summed E-state index contributed by atoms with van der Waals surface area (Å²) >= 11 is 1.58. The fraction of sp³-hybridized carbons (Fsp3) is 0.320. The number of aromatic amines is 1. The lowest BCUT2D eigenvalue weighted by Crippen LogP contribution is -2.33. The van der Waals surface area contributed by atoms with Crippen molar-refractivity contribution in [1.29, 1.82) is 0 Å². The van der Waals surface area contributed by atoms with E-state index in [1.807, 2.05) is 36.6 Å². The average molecular weight is 462 g/mol. The Balaban J connectivity index is 1.38. The summed E-state index contributed by atoms with van der Waals surface area (Å²) in [5.41, 5.74) is 3.48. The summed E-state index contributed by atoms with van der Waals surface area (Å²) in [5, 5.41) is 17.2. The van der Waals surface area contributed by atoms with Gasteiger partial charge in [0.15, 0.2) is 0 Å². The molecule has 1 aromatic carbocycles. The number of nitrogens with zero attached hydrogens (tertiary/aromatic N) is 3. The lowest BCUT2D eigenvalue weighted by Gasteiger charge is -2.22. The smallest absolute Gasteiger partial charge is 0.259 e. The molecule has 0 bridgehead atoms. The number of anilines is 2. The average Bonchev–Trinajstić information content (AvgIpc) is 3.47. The van der Waals surface area contributed by atoms with Crippen LogP contribution >= 0.6 is 11.3 Å². The van der Waals surface area contributed by atoms with E-state index in [-0.39, 0.29) is 12.2 Å². The molecular weight excluding hydrogens is 434 g/mol. The number of benzene rings is 1. The van der Waals surface area contributed by atoms with E-state index < -0.39 is 0 Å². The van der Waals surface area contributed by atoms with Crippen molar-refractivity contribution in [3.05, 3.63) is 68.9 Å². The fourth-order valence-electron chi connectivity index (χ4n) is 4.48. The Morgan fingerprint density at radius 2 is 2.06 bits per heavy atom. The minimum Gasteiger partial charge on any atom is -0.395 e. The molecule has 1 saturated heterocycles. The zero-order chi connectivity index (χ0) is 22.8. The summed E-state index contributed by atoms with van der Waals surface area (Å²) in [5.74, 6) is 0.519. The molecule has 0 spiro atoms. The van der Waals surface area contributed by atoms with Gasteiger partial charge in [0, 0.05) is 29.9 Å². The third-order valence-electron chi connectivity index (χ3n) is 6.25. The van der Waals surface area contributed by atoms with E-state index in [0.717, 1.165) is 59.8 Å². The number of nitrogens with one attached hydrogen (secondary N) is 2. The lowest BCUT2D eigenvalue weighted by molar-refractivity contribution is 0.160. The first-order valence-electron chi connectivity index (χ1n) is 11.3. The molecule has 0 unspecified atom stereocenters. The van der Waals surface area contributed by atoms with E-state index >= 15 is 0 Å². The van der Waals surface area contributed by atoms with Crippen LogP contribution in [-0.2, 0) is 6.42 Å². The predicted molar refractivity (Wildman–Crippen MR) is 133 cm³/mol. The molecule has 4 aromatic rings. The molecule has 1 aliphatic rings. The van der Waals surface area contributed by atoms with Gasteiger partial charge in [-0.2, -0.15) is 0 Å². The second kappa shape index (κ2) is 9.43. The van der Waals surface area contributed by atoms with Gasteiger partial charge in [-0.05, 0) is 67.9 Å². The number of hydrogen-bond donors (Lipinski definition) is 3. The lowest BCUT2D eigenvalue weighted by atomic mass is 10.1. The zero-order valence-corrected chi connectivity index (χ0v) is 19.4. The normalized spacial score (nSPS) is 16.5.